The Bertz CT molecular complexity index is 525. The summed E-state index contributed by atoms with van der Waals surface area (Å²) in [6, 6.07) is 6.11. The third kappa shape index (κ3) is 6.28. The summed E-state index contributed by atoms with van der Waals surface area (Å²) in [4.78, 5) is 25.4. The summed E-state index contributed by atoms with van der Waals surface area (Å²) in [6.07, 6.45) is 6.19. The van der Waals surface area contributed by atoms with Crippen LogP contribution in [0.3, 0.4) is 0 Å². The Labute approximate surface area is 137 Å². The zero-order chi connectivity index (χ0) is 16.5. The molecule has 0 bridgehead atoms. The average Bonchev–Trinajstić information content (AvgIpc) is 2.79. The van der Waals surface area contributed by atoms with Crippen LogP contribution in [0.25, 0.3) is 0 Å². The molecule has 3 amide bonds. The van der Waals surface area contributed by atoms with E-state index in [-0.39, 0.29) is 5.91 Å². The number of nitrogens with zero attached hydrogens (tertiary/aromatic N) is 1. The van der Waals surface area contributed by atoms with Crippen molar-refractivity contribution in [2.45, 2.75) is 32.1 Å². The van der Waals surface area contributed by atoms with Crippen molar-refractivity contribution in [2.24, 2.45) is 5.73 Å². The Morgan fingerprint density at radius 1 is 1.13 bits per heavy atom. The van der Waals surface area contributed by atoms with Gasteiger partial charge in [-0.25, -0.2) is 4.79 Å². The van der Waals surface area contributed by atoms with E-state index >= 15 is 0 Å². The molecule has 0 spiro atoms. The molecule has 1 aromatic carbocycles. The first kappa shape index (κ1) is 17.3. The van der Waals surface area contributed by atoms with Gasteiger partial charge in [0.1, 0.15) is 0 Å². The number of carbonyl (C=O) groups excluding carboxylic acids is 2. The van der Waals surface area contributed by atoms with Crippen LogP contribution in [0.4, 0.5) is 10.5 Å². The second-order valence-corrected chi connectivity index (χ2v) is 5.94. The number of likely N-dealkylation sites (tertiary alicyclic amines) is 1. The Hall–Kier alpha value is -2.08. The first-order chi connectivity index (χ1) is 11.1. The van der Waals surface area contributed by atoms with Gasteiger partial charge in [0, 0.05) is 17.8 Å². The molecule has 1 heterocycles. The number of carbonyl (C=O) groups is 2. The van der Waals surface area contributed by atoms with Crippen molar-refractivity contribution in [3.05, 3.63) is 29.8 Å². The second kappa shape index (κ2) is 9.15. The lowest BCUT2D eigenvalue weighted by atomic mass is 10.2. The van der Waals surface area contributed by atoms with Crippen molar-refractivity contribution in [3.63, 3.8) is 0 Å². The molecule has 0 radical (unpaired) electrons. The highest BCUT2D eigenvalue weighted by atomic mass is 16.2. The minimum absolute atomic E-state index is 0.131. The van der Waals surface area contributed by atoms with Gasteiger partial charge in [-0.3, -0.25) is 4.79 Å². The van der Waals surface area contributed by atoms with Crippen molar-refractivity contribution in [2.75, 3.05) is 31.5 Å². The summed E-state index contributed by atoms with van der Waals surface area (Å²) < 4.78 is 0. The van der Waals surface area contributed by atoms with Crippen LogP contribution in [0.2, 0.25) is 0 Å². The molecule has 6 heteroatoms. The van der Waals surface area contributed by atoms with Crippen molar-refractivity contribution in [1.82, 2.24) is 10.2 Å². The fourth-order valence-electron chi connectivity index (χ4n) is 2.85. The van der Waals surface area contributed by atoms with E-state index in [9.17, 15) is 9.59 Å². The van der Waals surface area contributed by atoms with Crippen LogP contribution in [0.1, 0.15) is 42.5 Å². The molecule has 126 valence electrons. The third-order valence-corrected chi connectivity index (χ3v) is 4.03. The molecule has 0 aromatic heterocycles. The van der Waals surface area contributed by atoms with Crippen LogP contribution < -0.4 is 16.4 Å². The quantitative estimate of drug-likeness (QED) is 0.703. The first-order valence-electron chi connectivity index (χ1n) is 8.32. The molecule has 6 nitrogen and oxygen atoms in total. The molecule has 4 N–H and O–H groups in total. The minimum atomic E-state index is -0.639. The molecule has 23 heavy (non-hydrogen) atoms. The lowest BCUT2D eigenvalue weighted by Crippen LogP contribution is -2.30. The summed E-state index contributed by atoms with van der Waals surface area (Å²) in [5, 5.41) is 5.39. The lowest BCUT2D eigenvalue weighted by molar-refractivity contribution is 0.0951. The van der Waals surface area contributed by atoms with Crippen LogP contribution in [0, 0.1) is 0 Å². The van der Waals surface area contributed by atoms with Gasteiger partial charge in [0.2, 0.25) is 0 Å². The van der Waals surface area contributed by atoms with Crippen LogP contribution in [0.15, 0.2) is 24.3 Å². The second-order valence-electron chi connectivity index (χ2n) is 5.94. The Morgan fingerprint density at radius 2 is 1.87 bits per heavy atom. The predicted octanol–water partition coefficient (Wildman–Crippen LogP) is 2.17. The molecular weight excluding hydrogens is 292 g/mol. The van der Waals surface area contributed by atoms with Crippen LogP contribution in [-0.4, -0.2) is 43.0 Å². The number of benzene rings is 1. The number of hydrogen-bond donors (Lipinski definition) is 3. The smallest absolute Gasteiger partial charge is 0.316 e. The monoisotopic (exact) mass is 318 g/mol. The standard InChI is InChI=1S/C17H26N4O2/c18-17(23)20-15-8-5-7-14(13-15)16(22)19-9-6-12-21-10-3-1-2-4-11-21/h5,7-8,13H,1-4,6,9-12H2,(H,19,22)(H3,18,20,23). The highest BCUT2D eigenvalue weighted by molar-refractivity contribution is 5.96. The highest BCUT2D eigenvalue weighted by Crippen LogP contribution is 2.11. The van der Waals surface area contributed by atoms with Gasteiger partial charge < -0.3 is 21.3 Å². The van der Waals surface area contributed by atoms with Crippen molar-refractivity contribution >= 4 is 17.6 Å². The molecule has 1 aliphatic rings. The number of nitrogens with two attached hydrogens (primary N) is 1. The molecule has 1 aliphatic heterocycles. The zero-order valence-electron chi connectivity index (χ0n) is 13.5. The zero-order valence-corrected chi connectivity index (χ0v) is 13.5. The summed E-state index contributed by atoms with van der Waals surface area (Å²) in [6.45, 7) is 4.04. The molecule has 0 unspecified atom stereocenters. The van der Waals surface area contributed by atoms with Crippen LogP contribution >= 0.6 is 0 Å². The van der Waals surface area contributed by atoms with E-state index < -0.39 is 6.03 Å². The van der Waals surface area contributed by atoms with E-state index in [4.69, 9.17) is 5.73 Å². The van der Waals surface area contributed by atoms with Crippen molar-refractivity contribution in [1.29, 1.82) is 0 Å². The molecule has 1 aromatic rings. The van der Waals surface area contributed by atoms with E-state index in [0.717, 1.165) is 13.0 Å². The van der Waals surface area contributed by atoms with Gasteiger partial charge in [-0.2, -0.15) is 0 Å². The number of urea groups is 1. The molecular formula is C17H26N4O2. The summed E-state index contributed by atoms with van der Waals surface area (Å²) in [7, 11) is 0. The van der Waals surface area contributed by atoms with Gasteiger partial charge in [-0.05, 0) is 57.1 Å². The van der Waals surface area contributed by atoms with Crippen molar-refractivity contribution in [3.8, 4) is 0 Å². The van der Waals surface area contributed by atoms with Gasteiger partial charge in [0.25, 0.3) is 5.91 Å². The summed E-state index contributed by atoms with van der Waals surface area (Å²) in [5.41, 5.74) is 6.12. The Kier molecular flexibility index (Phi) is 6.87. The number of hydrogen-bond acceptors (Lipinski definition) is 3. The van der Waals surface area contributed by atoms with Crippen LogP contribution in [-0.2, 0) is 0 Å². The molecule has 2 rings (SSSR count). The maximum atomic E-state index is 12.1. The average molecular weight is 318 g/mol. The largest absolute Gasteiger partial charge is 0.352 e. The number of rotatable bonds is 6. The van der Waals surface area contributed by atoms with Crippen LogP contribution in [0.5, 0.6) is 0 Å². The molecule has 1 fully saturated rings. The fourth-order valence-corrected chi connectivity index (χ4v) is 2.85. The molecule has 1 saturated heterocycles. The fraction of sp³-hybridized carbons (Fsp3) is 0.529. The Morgan fingerprint density at radius 3 is 2.57 bits per heavy atom. The minimum Gasteiger partial charge on any atom is -0.352 e. The first-order valence-corrected chi connectivity index (χ1v) is 8.32. The maximum absolute atomic E-state index is 12.1. The van der Waals surface area contributed by atoms with E-state index in [1.807, 2.05) is 0 Å². The normalized spacial score (nSPS) is 15.7. The number of amides is 3. The number of anilines is 1. The van der Waals surface area contributed by atoms with E-state index in [2.05, 4.69) is 15.5 Å². The Balaban J connectivity index is 1.72. The lowest BCUT2D eigenvalue weighted by Gasteiger charge is -2.19. The highest BCUT2D eigenvalue weighted by Gasteiger charge is 2.09. The van der Waals surface area contributed by atoms with Gasteiger partial charge in [-0.1, -0.05) is 18.9 Å². The van der Waals surface area contributed by atoms with Gasteiger partial charge >= 0.3 is 6.03 Å². The summed E-state index contributed by atoms with van der Waals surface area (Å²) in [5.74, 6) is -0.131. The topological polar surface area (TPSA) is 87.5 Å². The number of nitrogens with one attached hydrogen (secondary N) is 2. The third-order valence-electron chi connectivity index (χ3n) is 4.03. The maximum Gasteiger partial charge on any atom is 0.316 e. The van der Waals surface area contributed by atoms with E-state index in [1.54, 1.807) is 24.3 Å². The van der Waals surface area contributed by atoms with Gasteiger partial charge in [-0.15, -0.1) is 0 Å². The molecule has 0 atom stereocenters. The summed E-state index contributed by atoms with van der Waals surface area (Å²) >= 11 is 0. The number of primary amides is 1. The van der Waals surface area contributed by atoms with E-state index in [0.29, 0.717) is 17.8 Å². The molecule has 0 saturated carbocycles. The predicted molar refractivity (Wildman–Crippen MR) is 91.5 cm³/mol. The van der Waals surface area contributed by atoms with Crippen molar-refractivity contribution < 1.29 is 9.59 Å². The van der Waals surface area contributed by atoms with Gasteiger partial charge in [0.05, 0.1) is 0 Å². The van der Waals surface area contributed by atoms with E-state index in [1.165, 1.54) is 38.8 Å². The van der Waals surface area contributed by atoms with Gasteiger partial charge in [0.15, 0.2) is 0 Å². The SMILES string of the molecule is NC(=O)Nc1cccc(C(=O)NCCCN2CCCCCC2)c1. The molecule has 0 aliphatic carbocycles.